The van der Waals surface area contributed by atoms with Gasteiger partial charge >= 0.3 is 11.9 Å². The van der Waals surface area contributed by atoms with Crippen molar-refractivity contribution in [3.05, 3.63) is 11.1 Å². The number of esters is 2. The minimum Gasteiger partial charge on any atom is -0.463 e. The van der Waals surface area contributed by atoms with E-state index in [1.165, 1.54) is 0 Å². The van der Waals surface area contributed by atoms with Gasteiger partial charge in [0.15, 0.2) is 0 Å². The summed E-state index contributed by atoms with van der Waals surface area (Å²) in [7, 11) is 0. The maximum atomic E-state index is 12.3. The maximum Gasteiger partial charge on any atom is 0.334 e. The van der Waals surface area contributed by atoms with Crippen LogP contribution in [0.4, 0.5) is 0 Å². The second kappa shape index (κ2) is 8.85. The Bertz CT molecular complexity index is 386. The predicted octanol–water partition coefficient (Wildman–Crippen LogP) is 3.89. The molecule has 0 aliphatic heterocycles. The van der Waals surface area contributed by atoms with Crippen LogP contribution in [0.3, 0.4) is 0 Å². The number of ether oxygens (including phenoxy) is 2. The summed E-state index contributed by atoms with van der Waals surface area (Å²) >= 11 is 0. The van der Waals surface area contributed by atoms with Gasteiger partial charge in [-0.15, -0.1) is 0 Å². The summed E-state index contributed by atoms with van der Waals surface area (Å²) in [6.45, 7) is 14.2. The lowest BCUT2D eigenvalue weighted by Gasteiger charge is -2.22. The van der Waals surface area contributed by atoms with E-state index in [9.17, 15) is 9.59 Å². The molecule has 0 heterocycles. The molecule has 0 atom stereocenters. The molecule has 0 amide bonds. The number of carbonyl (C=O) groups is 2. The summed E-state index contributed by atoms with van der Waals surface area (Å²) in [5.74, 6) is -0.552. The highest BCUT2D eigenvalue weighted by atomic mass is 16.5. The van der Waals surface area contributed by atoms with Crippen molar-refractivity contribution in [2.75, 3.05) is 13.2 Å². The lowest BCUT2D eigenvalue weighted by atomic mass is 9.84. The zero-order valence-corrected chi connectivity index (χ0v) is 14.5. The first-order chi connectivity index (χ1) is 9.62. The smallest absolute Gasteiger partial charge is 0.334 e. The van der Waals surface area contributed by atoms with E-state index in [0.717, 1.165) is 0 Å². The van der Waals surface area contributed by atoms with E-state index in [0.29, 0.717) is 37.2 Å². The van der Waals surface area contributed by atoms with E-state index in [2.05, 4.69) is 0 Å². The van der Waals surface area contributed by atoms with Crippen molar-refractivity contribution in [3.63, 3.8) is 0 Å². The van der Waals surface area contributed by atoms with Gasteiger partial charge in [-0.25, -0.2) is 9.59 Å². The standard InChI is InChI=1S/C17H30O4/c1-8-20-15(18)13(10-12(3)4)14(11-17(5,6)7)16(19)21-9-2/h12H,8-11H2,1-7H3. The monoisotopic (exact) mass is 298 g/mol. The summed E-state index contributed by atoms with van der Waals surface area (Å²) in [5.41, 5.74) is 0.799. The lowest BCUT2D eigenvalue weighted by Crippen LogP contribution is -2.21. The number of carbonyl (C=O) groups excluding carboxylic acids is 2. The molecule has 4 nitrogen and oxygen atoms in total. The molecule has 0 aliphatic carbocycles. The van der Waals surface area contributed by atoms with Gasteiger partial charge in [-0.05, 0) is 38.0 Å². The number of hydrogen-bond acceptors (Lipinski definition) is 4. The van der Waals surface area contributed by atoms with Crippen molar-refractivity contribution in [1.29, 1.82) is 0 Å². The molecule has 0 aliphatic rings. The third-order valence-corrected chi connectivity index (χ3v) is 2.73. The topological polar surface area (TPSA) is 52.6 Å². The molecule has 122 valence electrons. The highest BCUT2D eigenvalue weighted by molar-refractivity contribution is 6.00. The minimum atomic E-state index is -0.406. The Labute approximate surface area is 128 Å². The van der Waals surface area contributed by atoms with Gasteiger partial charge in [-0.1, -0.05) is 34.6 Å². The van der Waals surface area contributed by atoms with Gasteiger partial charge < -0.3 is 9.47 Å². The molecule has 4 heteroatoms. The molecular formula is C17H30O4. The summed E-state index contributed by atoms with van der Waals surface area (Å²) in [6, 6.07) is 0. The van der Waals surface area contributed by atoms with Crippen LogP contribution in [0, 0.1) is 11.3 Å². The summed E-state index contributed by atoms with van der Waals surface area (Å²) in [4.78, 5) is 24.5. The largest absolute Gasteiger partial charge is 0.463 e. The zero-order chi connectivity index (χ0) is 16.6. The number of hydrogen-bond donors (Lipinski definition) is 0. The van der Waals surface area contributed by atoms with Crippen LogP contribution < -0.4 is 0 Å². The maximum absolute atomic E-state index is 12.3. The molecule has 0 rings (SSSR count). The third-order valence-electron chi connectivity index (χ3n) is 2.73. The number of rotatable bonds is 7. The molecule has 0 unspecified atom stereocenters. The van der Waals surface area contributed by atoms with Crippen molar-refractivity contribution in [2.45, 2.75) is 61.3 Å². The van der Waals surface area contributed by atoms with Gasteiger partial charge in [0.2, 0.25) is 0 Å². The molecule has 0 saturated carbocycles. The van der Waals surface area contributed by atoms with Gasteiger partial charge in [0.05, 0.1) is 13.2 Å². The van der Waals surface area contributed by atoms with Crippen LogP contribution in [-0.4, -0.2) is 25.2 Å². The molecule has 0 fully saturated rings. The molecule has 0 aromatic rings. The first-order valence-electron chi connectivity index (χ1n) is 7.68. The summed E-state index contributed by atoms with van der Waals surface area (Å²) in [6.07, 6.45) is 1.01. The first kappa shape index (κ1) is 19.7. The Balaban J connectivity index is 5.74. The highest BCUT2D eigenvalue weighted by Crippen LogP contribution is 2.29. The fourth-order valence-corrected chi connectivity index (χ4v) is 2.01. The third kappa shape index (κ3) is 7.88. The molecule has 0 bridgehead atoms. The van der Waals surface area contributed by atoms with Crippen molar-refractivity contribution < 1.29 is 19.1 Å². The van der Waals surface area contributed by atoms with E-state index in [1.807, 2.05) is 34.6 Å². The fraction of sp³-hybridized carbons (Fsp3) is 0.765. The SMILES string of the molecule is CCOC(=O)C(CC(C)C)=C(CC(C)(C)C)C(=O)OCC. The molecular weight excluding hydrogens is 268 g/mol. The van der Waals surface area contributed by atoms with Crippen LogP contribution in [0.25, 0.3) is 0 Å². The van der Waals surface area contributed by atoms with Crippen molar-refractivity contribution in [3.8, 4) is 0 Å². The molecule has 21 heavy (non-hydrogen) atoms. The van der Waals surface area contributed by atoms with Crippen LogP contribution in [0.5, 0.6) is 0 Å². The molecule has 0 spiro atoms. The molecule has 0 aromatic carbocycles. The van der Waals surface area contributed by atoms with Gasteiger partial charge in [-0.3, -0.25) is 0 Å². The van der Waals surface area contributed by atoms with Crippen molar-refractivity contribution in [1.82, 2.24) is 0 Å². The van der Waals surface area contributed by atoms with Crippen molar-refractivity contribution in [2.24, 2.45) is 11.3 Å². The molecule has 0 aromatic heterocycles. The predicted molar refractivity (Wildman–Crippen MR) is 83.8 cm³/mol. The second-order valence-electron chi connectivity index (χ2n) is 6.73. The first-order valence-corrected chi connectivity index (χ1v) is 7.68. The molecule has 0 N–H and O–H groups in total. The van der Waals surface area contributed by atoms with E-state index < -0.39 is 11.9 Å². The highest BCUT2D eigenvalue weighted by Gasteiger charge is 2.27. The van der Waals surface area contributed by atoms with Crippen molar-refractivity contribution >= 4 is 11.9 Å². The van der Waals surface area contributed by atoms with Crippen LogP contribution in [0.2, 0.25) is 0 Å². The van der Waals surface area contributed by atoms with Crippen LogP contribution in [0.15, 0.2) is 11.1 Å². The lowest BCUT2D eigenvalue weighted by molar-refractivity contribution is -0.142. The van der Waals surface area contributed by atoms with E-state index in [1.54, 1.807) is 13.8 Å². The zero-order valence-electron chi connectivity index (χ0n) is 14.5. The normalized spacial score (nSPS) is 13.0. The fourth-order valence-electron chi connectivity index (χ4n) is 2.01. The van der Waals surface area contributed by atoms with E-state index in [4.69, 9.17) is 9.47 Å². The van der Waals surface area contributed by atoms with Gasteiger partial charge in [-0.2, -0.15) is 0 Å². The Kier molecular flexibility index (Phi) is 8.30. The second-order valence-corrected chi connectivity index (χ2v) is 6.73. The minimum absolute atomic E-state index is 0.114. The van der Waals surface area contributed by atoms with E-state index in [-0.39, 0.29) is 11.3 Å². The average Bonchev–Trinajstić information content (AvgIpc) is 2.32. The Morgan fingerprint density at radius 3 is 1.67 bits per heavy atom. The summed E-state index contributed by atoms with van der Waals surface area (Å²) in [5, 5.41) is 0. The molecule has 0 radical (unpaired) electrons. The van der Waals surface area contributed by atoms with Gasteiger partial charge in [0.25, 0.3) is 0 Å². The average molecular weight is 298 g/mol. The Morgan fingerprint density at radius 2 is 1.33 bits per heavy atom. The Hall–Kier alpha value is -1.32. The van der Waals surface area contributed by atoms with Gasteiger partial charge in [0.1, 0.15) is 0 Å². The van der Waals surface area contributed by atoms with Crippen LogP contribution >= 0.6 is 0 Å². The van der Waals surface area contributed by atoms with Gasteiger partial charge in [0, 0.05) is 11.1 Å². The summed E-state index contributed by atoms with van der Waals surface area (Å²) < 4.78 is 10.3. The van der Waals surface area contributed by atoms with Crippen LogP contribution in [0.1, 0.15) is 61.3 Å². The Morgan fingerprint density at radius 1 is 0.905 bits per heavy atom. The van der Waals surface area contributed by atoms with Crippen LogP contribution in [-0.2, 0) is 19.1 Å². The van der Waals surface area contributed by atoms with E-state index >= 15 is 0 Å². The molecule has 0 saturated heterocycles. The quantitative estimate of drug-likeness (QED) is 0.528.